The zero-order chi connectivity index (χ0) is 14.7. The van der Waals surface area contributed by atoms with Crippen LogP contribution in [0.15, 0.2) is 60.8 Å². The van der Waals surface area contributed by atoms with Gasteiger partial charge >= 0.3 is 0 Å². The van der Waals surface area contributed by atoms with E-state index in [2.05, 4.69) is 37.0 Å². The van der Waals surface area contributed by atoms with Crippen LogP contribution in [0.3, 0.4) is 0 Å². The largest absolute Gasteiger partial charge is 0.489 e. The molecule has 106 valence electrons. The lowest BCUT2D eigenvalue weighted by atomic mass is 10.0. The minimum absolute atomic E-state index is 0.454. The maximum absolute atomic E-state index is 6.06. The van der Waals surface area contributed by atoms with Crippen molar-refractivity contribution in [2.24, 2.45) is 0 Å². The van der Waals surface area contributed by atoms with Crippen LogP contribution < -0.4 is 4.74 Å². The van der Waals surface area contributed by atoms with Crippen LogP contribution in [-0.4, -0.2) is 4.98 Å². The van der Waals surface area contributed by atoms with Crippen LogP contribution in [0.5, 0.6) is 5.75 Å². The Hall–Kier alpha value is -2.35. The maximum atomic E-state index is 6.06. The Bertz CT molecular complexity index is 744. The summed E-state index contributed by atoms with van der Waals surface area (Å²) in [6, 6.07) is 18.4. The van der Waals surface area contributed by atoms with Gasteiger partial charge in [0.1, 0.15) is 12.4 Å². The lowest BCUT2D eigenvalue weighted by Crippen LogP contribution is -2.00. The first-order chi connectivity index (χ1) is 10.3. The predicted octanol–water partition coefficient (Wildman–Crippen LogP) is 4.94. The van der Waals surface area contributed by atoms with E-state index < -0.39 is 0 Å². The molecule has 2 aromatic carbocycles. The van der Waals surface area contributed by atoms with E-state index in [4.69, 9.17) is 4.74 Å². The van der Waals surface area contributed by atoms with Gasteiger partial charge in [0.25, 0.3) is 0 Å². The summed E-state index contributed by atoms with van der Waals surface area (Å²) in [4.78, 5) is 4.39. The summed E-state index contributed by atoms with van der Waals surface area (Å²) >= 11 is 0. The average molecular weight is 277 g/mol. The van der Waals surface area contributed by atoms with Crippen molar-refractivity contribution in [1.82, 2.24) is 4.98 Å². The molecule has 21 heavy (non-hydrogen) atoms. The molecule has 0 N–H and O–H groups in total. The standard InChI is InChI=1S/C19H19NO/c1-14(2)16-7-4-6-10-19(16)21-13-15-11-12-20-18-9-5-3-8-17(15)18/h3-12,14H,13H2,1-2H3. The molecular weight excluding hydrogens is 258 g/mol. The van der Waals surface area contributed by atoms with Gasteiger partial charge in [0.2, 0.25) is 0 Å². The van der Waals surface area contributed by atoms with Crippen molar-refractivity contribution in [3.05, 3.63) is 71.9 Å². The van der Waals surface area contributed by atoms with Crippen molar-refractivity contribution in [1.29, 1.82) is 0 Å². The molecule has 1 heterocycles. The van der Waals surface area contributed by atoms with Crippen LogP contribution in [0.1, 0.15) is 30.9 Å². The van der Waals surface area contributed by atoms with Crippen LogP contribution in [0, 0.1) is 0 Å². The van der Waals surface area contributed by atoms with E-state index in [0.29, 0.717) is 12.5 Å². The minimum atomic E-state index is 0.454. The molecule has 0 saturated heterocycles. The highest BCUT2D eigenvalue weighted by Crippen LogP contribution is 2.27. The Morgan fingerprint density at radius 3 is 2.57 bits per heavy atom. The molecule has 0 radical (unpaired) electrons. The maximum Gasteiger partial charge on any atom is 0.123 e. The molecule has 0 fully saturated rings. The first kappa shape index (κ1) is 13.6. The van der Waals surface area contributed by atoms with Gasteiger partial charge in [0.05, 0.1) is 5.52 Å². The number of hydrogen-bond acceptors (Lipinski definition) is 2. The number of rotatable bonds is 4. The summed E-state index contributed by atoms with van der Waals surface area (Å²) in [6.45, 7) is 4.93. The minimum Gasteiger partial charge on any atom is -0.489 e. The molecule has 0 atom stereocenters. The number of para-hydroxylation sites is 2. The molecule has 0 aliphatic carbocycles. The third-order valence-electron chi connectivity index (χ3n) is 3.66. The van der Waals surface area contributed by atoms with Gasteiger partial charge in [-0.25, -0.2) is 0 Å². The summed E-state index contributed by atoms with van der Waals surface area (Å²) in [7, 11) is 0. The second-order valence-electron chi connectivity index (χ2n) is 5.47. The number of aromatic nitrogens is 1. The van der Waals surface area contributed by atoms with Gasteiger partial charge < -0.3 is 4.74 Å². The number of fused-ring (bicyclic) bond motifs is 1. The molecule has 3 rings (SSSR count). The van der Waals surface area contributed by atoms with Gasteiger partial charge in [0, 0.05) is 17.1 Å². The molecule has 0 amide bonds. The van der Waals surface area contributed by atoms with Crippen molar-refractivity contribution in [3.8, 4) is 5.75 Å². The van der Waals surface area contributed by atoms with E-state index in [1.165, 1.54) is 11.1 Å². The summed E-state index contributed by atoms with van der Waals surface area (Å²) in [6.07, 6.45) is 1.84. The van der Waals surface area contributed by atoms with E-state index in [1.807, 2.05) is 42.6 Å². The second-order valence-corrected chi connectivity index (χ2v) is 5.47. The number of nitrogens with zero attached hydrogens (tertiary/aromatic N) is 1. The lowest BCUT2D eigenvalue weighted by molar-refractivity contribution is 0.303. The van der Waals surface area contributed by atoms with Crippen LogP contribution in [0.2, 0.25) is 0 Å². The number of hydrogen-bond donors (Lipinski definition) is 0. The first-order valence-corrected chi connectivity index (χ1v) is 7.30. The van der Waals surface area contributed by atoms with Gasteiger partial charge in [-0.1, -0.05) is 50.2 Å². The highest BCUT2D eigenvalue weighted by molar-refractivity contribution is 5.81. The normalized spacial score (nSPS) is 11.0. The number of ether oxygens (including phenoxy) is 1. The number of benzene rings is 2. The fraction of sp³-hybridized carbons (Fsp3) is 0.211. The molecule has 2 nitrogen and oxygen atoms in total. The quantitative estimate of drug-likeness (QED) is 0.674. The van der Waals surface area contributed by atoms with Gasteiger partial charge in [-0.15, -0.1) is 0 Å². The van der Waals surface area contributed by atoms with Crippen LogP contribution in [0.4, 0.5) is 0 Å². The molecule has 0 aliphatic rings. The molecule has 0 unspecified atom stereocenters. The van der Waals surface area contributed by atoms with Crippen molar-refractivity contribution >= 4 is 10.9 Å². The highest BCUT2D eigenvalue weighted by Gasteiger charge is 2.08. The SMILES string of the molecule is CC(C)c1ccccc1OCc1ccnc2ccccc12. The highest BCUT2D eigenvalue weighted by atomic mass is 16.5. The molecular formula is C19H19NO. The average Bonchev–Trinajstić information content (AvgIpc) is 2.53. The smallest absolute Gasteiger partial charge is 0.123 e. The Balaban J connectivity index is 1.87. The number of pyridine rings is 1. The lowest BCUT2D eigenvalue weighted by Gasteiger charge is -2.14. The summed E-state index contributed by atoms with van der Waals surface area (Å²) in [5, 5.41) is 1.15. The van der Waals surface area contributed by atoms with E-state index in [9.17, 15) is 0 Å². The van der Waals surface area contributed by atoms with Crippen molar-refractivity contribution in [2.75, 3.05) is 0 Å². The monoisotopic (exact) mass is 277 g/mol. The van der Waals surface area contributed by atoms with E-state index in [-0.39, 0.29) is 0 Å². The van der Waals surface area contributed by atoms with Crippen molar-refractivity contribution in [2.45, 2.75) is 26.4 Å². The fourth-order valence-corrected chi connectivity index (χ4v) is 2.53. The zero-order valence-corrected chi connectivity index (χ0v) is 12.4. The van der Waals surface area contributed by atoms with Gasteiger partial charge in [0.15, 0.2) is 0 Å². The topological polar surface area (TPSA) is 22.1 Å². The van der Waals surface area contributed by atoms with E-state index in [1.54, 1.807) is 0 Å². The first-order valence-electron chi connectivity index (χ1n) is 7.30. The van der Waals surface area contributed by atoms with Crippen LogP contribution >= 0.6 is 0 Å². The van der Waals surface area contributed by atoms with E-state index in [0.717, 1.165) is 16.7 Å². The Kier molecular flexibility index (Phi) is 3.87. The zero-order valence-electron chi connectivity index (χ0n) is 12.4. The van der Waals surface area contributed by atoms with E-state index >= 15 is 0 Å². The Labute approximate surface area is 125 Å². The summed E-state index contributed by atoms with van der Waals surface area (Å²) in [5.74, 6) is 1.42. The Morgan fingerprint density at radius 1 is 0.952 bits per heavy atom. The molecule has 0 saturated carbocycles. The van der Waals surface area contributed by atoms with Gasteiger partial charge in [-0.05, 0) is 29.7 Å². The molecule has 0 spiro atoms. The second kappa shape index (κ2) is 5.96. The molecule has 2 heteroatoms. The van der Waals surface area contributed by atoms with Crippen LogP contribution in [0.25, 0.3) is 10.9 Å². The third kappa shape index (κ3) is 2.89. The fourth-order valence-electron chi connectivity index (χ4n) is 2.53. The third-order valence-corrected chi connectivity index (χ3v) is 3.66. The van der Waals surface area contributed by atoms with Crippen molar-refractivity contribution in [3.63, 3.8) is 0 Å². The van der Waals surface area contributed by atoms with Gasteiger partial charge in [-0.2, -0.15) is 0 Å². The molecule has 0 bridgehead atoms. The predicted molar refractivity (Wildman–Crippen MR) is 86.6 cm³/mol. The summed E-state index contributed by atoms with van der Waals surface area (Å²) < 4.78 is 6.06. The Morgan fingerprint density at radius 2 is 1.71 bits per heavy atom. The molecule has 3 aromatic rings. The van der Waals surface area contributed by atoms with Gasteiger partial charge in [-0.3, -0.25) is 4.98 Å². The molecule has 1 aromatic heterocycles. The van der Waals surface area contributed by atoms with Crippen molar-refractivity contribution < 1.29 is 4.74 Å². The van der Waals surface area contributed by atoms with Crippen LogP contribution in [-0.2, 0) is 6.61 Å². The molecule has 0 aliphatic heterocycles. The summed E-state index contributed by atoms with van der Waals surface area (Å²) in [5.41, 5.74) is 3.42.